The van der Waals surface area contributed by atoms with Crippen molar-refractivity contribution in [1.29, 1.82) is 0 Å². The van der Waals surface area contributed by atoms with Crippen LogP contribution in [0.25, 0.3) is 0 Å². The van der Waals surface area contributed by atoms with Gasteiger partial charge in [-0.3, -0.25) is 9.59 Å². The number of amides is 2. The van der Waals surface area contributed by atoms with Crippen LogP contribution in [0.4, 0.5) is 18.9 Å². The zero-order valence-electron chi connectivity index (χ0n) is 14.6. The van der Waals surface area contributed by atoms with Gasteiger partial charge in [0, 0.05) is 12.2 Å². The molecule has 0 saturated carbocycles. The maximum Gasteiger partial charge on any atom is 0.471 e. The van der Waals surface area contributed by atoms with Gasteiger partial charge in [-0.2, -0.15) is 13.2 Å². The van der Waals surface area contributed by atoms with Crippen LogP contribution >= 0.6 is 0 Å². The average Bonchev–Trinajstić information content (AvgIpc) is 2.61. The molecule has 0 spiro atoms. The van der Waals surface area contributed by atoms with Crippen LogP contribution in [0.15, 0.2) is 48.5 Å². The Morgan fingerprint density at radius 3 is 2.37 bits per heavy atom. The van der Waals surface area contributed by atoms with Gasteiger partial charge in [0.05, 0.1) is 13.0 Å². The monoisotopic (exact) mass is 380 g/mol. The first-order valence-corrected chi connectivity index (χ1v) is 8.23. The lowest BCUT2D eigenvalue weighted by molar-refractivity contribution is -0.173. The lowest BCUT2D eigenvalue weighted by Gasteiger charge is -2.10. The molecule has 2 amide bonds. The first-order valence-electron chi connectivity index (χ1n) is 8.23. The van der Waals surface area contributed by atoms with E-state index in [9.17, 15) is 22.8 Å². The molecule has 2 aromatic rings. The maximum absolute atomic E-state index is 12.2. The lowest BCUT2D eigenvalue weighted by Crippen LogP contribution is -2.36. The van der Waals surface area contributed by atoms with E-state index in [4.69, 9.17) is 4.74 Å². The van der Waals surface area contributed by atoms with Crippen molar-refractivity contribution in [2.24, 2.45) is 0 Å². The van der Waals surface area contributed by atoms with Crippen LogP contribution < -0.4 is 15.4 Å². The molecule has 2 rings (SSSR count). The Hall–Kier alpha value is -3.03. The van der Waals surface area contributed by atoms with Gasteiger partial charge in [0.1, 0.15) is 5.75 Å². The molecule has 0 aliphatic heterocycles. The molecule has 5 nitrogen and oxygen atoms in total. The van der Waals surface area contributed by atoms with Crippen molar-refractivity contribution in [2.45, 2.75) is 26.1 Å². The molecule has 2 aromatic carbocycles. The van der Waals surface area contributed by atoms with Crippen LogP contribution in [0.5, 0.6) is 5.75 Å². The summed E-state index contributed by atoms with van der Waals surface area (Å²) in [5.74, 6) is -1.56. The van der Waals surface area contributed by atoms with Gasteiger partial charge in [0.15, 0.2) is 0 Å². The quantitative estimate of drug-likeness (QED) is 0.773. The number of alkyl halides is 3. The Morgan fingerprint density at radius 2 is 1.74 bits per heavy atom. The molecule has 0 radical (unpaired) electrons. The number of nitrogens with one attached hydrogen (secondary N) is 2. The number of carbonyl (C=O) groups is 2. The normalized spacial score (nSPS) is 11.0. The molecule has 27 heavy (non-hydrogen) atoms. The summed E-state index contributed by atoms with van der Waals surface area (Å²) in [6.45, 7) is 2.14. The second-order valence-corrected chi connectivity index (χ2v) is 5.68. The summed E-state index contributed by atoms with van der Waals surface area (Å²) in [5.41, 5.74) is 1.67. The standard InChI is InChI=1S/C19H19F3N2O3/c1-2-27-16-8-6-13(7-9-16)11-17(25)24-15-5-3-4-14(10-15)12-23-18(26)19(20,21)22/h3-10H,2,11-12H2,1H3,(H,23,26)(H,24,25). The van der Waals surface area contributed by atoms with Crippen LogP contribution in [0, 0.1) is 0 Å². The highest BCUT2D eigenvalue weighted by Crippen LogP contribution is 2.16. The number of halogens is 3. The second kappa shape index (κ2) is 9.07. The van der Waals surface area contributed by atoms with E-state index in [0.29, 0.717) is 17.9 Å². The molecule has 0 aliphatic rings. The molecule has 0 saturated heterocycles. The highest BCUT2D eigenvalue weighted by molar-refractivity contribution is 5.92. The first-order chi connectivity index (χ1) is 12.8. The Kier molecular flexibility index (Phi) is 6.81. The van der Waals surface area contributed by atoms with Crippen LogP contribution in [-0.4, -0.2) is 24.6 Å². The first kappa shape index (κ1) is 20.3. The third-order valence-electron chi connectivity index (χ3n) is 3.52. The molecule has 8 heteroatoms. The fourth-order valence-electron chi connectivity index (χ4n) is 2.30. The summed E-state index contributed by atoms with van der Waals surface area (Å²) < 4.78 is 41.9. The van der Waals surface area contributed by atoms with Crippen molar-refractivity contribution in [3.8, 4) is 5.75 Å². The summed E-state index contributed by atoms with van der Waals surface area (Å²) in [5, 5.41) is 4.47. The van der Waals surface area contributed by atoms with Gasteiger partial charge in [0.25, 0.3) is 0 Å². The Labute approximate surface area is 154 Å². The zero-order valence-corrected chi connectivity index (χ0v) is 14.6. The van der Waals surface area contributed by atoms with Gasteiger partial charge in [-0.15, -0.1) is 0 Å². The maximum atomic E-state index is 12.2. The summed E-state index contributed by atoms with van der Waals surface area (Å²) in [6, 6.07) is 13.4. The Balaban J connectivity index is 1.91. The van der Waals surface area contributed by atoms with Crippen molar-refractivity contribution in [3.63, 3.8) is 0 Å². The van der Waals surface area contributed by atoms with E-state index in [-0.39, 0.29) is 18.9 Å². The topological polar surface area (TPSA) is 67.4 Å². The molecule has 0 fully saturated rings. The molecule has 144 valence electrons. The van der Waals surface area contributed by atoms with Gasteiger partial charge < -0.3 is 15.4 Å². The predicted molar refractivity (Wildman–Crippen MR) is 94.3 cm³/mol. The molecule has 0 heterocycles. The zero-order chi connectivity index (χ0) is 19.9. The van der Waals surface area contributed by atoms with Gasteiger partial charge in [-0.25, -0.2) is 0 Å². The van der Waals surface area contributed by atoms with Gasteiger partial charge in [-0.05, 0) is 42.3 Å². The fraction of sp³-hybridized carbons (Fsp3) is 0.263. The van der Waals surface area contributed by atoms with Gasteiger partial charge in [-0.1, -0.05) is 24.3 Å². The van der Waals surface area contributed by atoms with Crippen LogP contribution in [0.2, 0.25) is 0 Å². The van der Waals surface area contributed by atoms with Crippen molar-refractivity contribution in [3.05, 3.63) is 59.7 Å². The van der Waals surface area contributed by atoms with Gasteiger partial charge in [0.2, 0.25) is 5.91 Å². The number of hydrogen-bond donors (Lipinski definition) is 2. The minimum Gasteiger partial charge on any atom is -0.494 e. The minimum absolute atomic E-state index is 0.140. The molecular weight excluding hydrogens is 361 g/mol. The van der Waals surface area contributed by atoms with Crippen molar-refractivity contribution in [2.75, 3.05) is 11.9 Å². The molecule has 0 aromatic heterocycles. The number of benzene rings is 2. The van der Waals surface area contributed by atoms with E-state index in [1.165, 1.54) is 6.07 Å². The van der Waals surface area contributed by atoms with Crippen molar-refractivity contribution in [1.82, 2.24) is 5.32 Å². The summed E-state index contributed by atoms with van der Waals surface area (Å²) in [6.07, 6.45) is -4.79. The van der Waals surface area contributed by atoms with E-state index < -0.39 is 12.1 Å². The smallest absolute Gasteiger partial charge is 0.471 e. The number of anilines is 1. The Bertz CT molecular complexity index is 790. The number of hydrogen-bond acceptors (Lipinski definition) is 3. The van der Waals surface area contributed by atoms with Crippen LogP contribution in [0.1, 0.15) is 18.1 Å². The van der Waals surface area contributed by atoms with E-state index in [0.717, 1.165) is 11.3 Å². The molecule has 0 atom stereocenters. The Morgan fingerprint density at radius 1 is 1.04 bits per heavy atom. The predicted octanol–water partition coefficient (Wildman–Crippen LogP) is 3.45. The number of carbonyl (C=O) groups excluding carboxylic acids is 2. The summed E-state index contributed by atoms with van der Waals surface area (Å²) in [7, 11) is 0. The minimum atomic E-state index is -4.93. The van der Waals surface area contributed by atoms with E-state index in [2.05, 4.69) is 5.32 Å². The molecule has 0 bridgehead atoms. The fourth-order valence-corrected chi connectivity index (χ4v) is 2.30. The van der Waals surface area contributed by atoms with E-state index in [1.807, 2.05) is 6.92 Å². The highest BCUT2D eigenvalue weighted by atomic mass is 19.4. The third kappa shape index (κ3) is 6.65. The molecular formula is C19H19F3N2O3. The second-order valence-electron chi connectivity index (χ2n) is 5.68. The van der Waals surface area contributed by atoms with Crippen molar-refractivity contribution < 1.29 is 27.5 Å². The molecule has 2 N–H and O–H groups in total. The van der Waals surface area contributed by atoms with Crippen molar-refractivity contribution >= 4 is 17.5 Å². The summed E-state index contributed by atoms with van der Waals surface area (Å²) >= 11 is 0. The largest absolute Gasteiger partial charge is 0.494 e. The van der Waals surface area contributed by atoms with E-state index in [1.54, 1.807) is 47.8 Å². The average molecular weight is 380 g/mol. The number of rotatable bonds is 7. The number of ether oxygens (including phenoxy) is 1. The third-order valence-corrected chi connectivity index (χ3v) is 3.52. The SMILES string of the molecule is CCOc1ccc(CC(=O)Nc2cccc(CNC(=O)C(F)(F)F)c2)cc1. The van der Waals surface area contributed by atoms with E-state index >= 15 is 0 Å². The van der Waals surface area contributed by atoms with Crippen LogP contribution in [-0.2, 0) is 22.6 Å². The molecule has 0 aliphatic carbocycles. The highest BCUT2D eigenvalue weighted by Gasteiger charge is 2.38. The van der Waals surface area contributed by atoms with Crippen LogP contribution in [0.3, 0.4) is 0 Å². The molecule has 0 unspecified atom stereocenters. The summed E-state index contributed by atoms with van der Waals surface area (Å²) in [4.78, 5) is 23.0. The van der Waals surface area contributed by atoms with Gasteiger partial charge >= 0.3 is 12.1 Å². The lowest BCUT2D eigenvalue weighted by atomic mass is 10.1.